The van der Waals surface area contributed by atoms with Crippen molar-refractivity contribution < 1.29 is 4.79 Å². The Morgan fingerprint density at radius 2 is 2.32 bits per heavy atom. The molecule has 0 aliphatic carbocycles. The van der Waals surface area contributed by atoms with Crippen molar-refractivity contribution in [2.45, 2.75) is 37.9 Å². The minimum Gasteiger partial charge on any atom is -0.368 e. The number of H-pyrrole nitrogens is 1. The fourth-order valence-electron chi connectivity index (χ4n) is 1.44. The highest BCUT2D eigenvalue weighted by Gasteiger charge is 2.30. The number of amides is 1. The van der Waals surface area contributed by atoms with Gasteiger partial charge in [-0.25, -0.2) is 4.98 Å². The quantitative estimate of drug-likeness (QED) is 0.497. The van der Waals surface area contributed by atoms with Gasteiger partial charge in [0.15, 0.2) is 5.16 Å². The van der Waals surface area contributed by atoms with Crippen LogP contribution in [-0.4, -0.2) is 33.7 Å². The maximum Gasteiger partial charge on any atom is 0.251 e. The molecule has 0 radical (unpaired) electrons. The van der Waals surface area contributed by atoms with Crippen LogP contribution in [0.2, 0.25) is 0 Å². The summed E-state index contributed by atoms with van der Waals surface area (Å²) in [7, 11) is 0. The maximum atomic E-state index is 11.5. The second-order valence-corrected chi connectivity index (χ2v) is 5.57. The lowest BCUT2D eigenvalue weighted by atomic mass is 10.1. The first kappa shape index (κ1) is 15.7. The minimum absolute atomic E-state index is 0.197. The van der Waals surface area contributed by atoms with Gasteiger partial charge in [0.05, 0.1) is 0 Å². The summed E-state index contributed by atoms with van der Waals surface area (Å²) in [5.74, 6) is -0.00204. The smallest absolute Gasteiger partial charge is 0.251 e. The number of nitrogens with one attached hydrogen (secondary N) is 2. The second-order valence-electron chi connectivity index (χ2n) is 4.60. The van der Waals surface area contributed by atoms with Gasteiger partial charge in [0.2, 0.25) is 5.91 Å². The lowest BCUT2D eigenvalue weighted by molar-refractivity contribution is -0.122. The summed E-state index contributed by atoms with van der Waals surface area (Å²) in [6.45, 7) is 6.23. The van der Waals surface area contributed by atoms with E-state index < -0.39 is 11.4 Å². The number of carbonyl (C=O) groups is 1. The molecule has 1 unspecified atom stereocenters. The van der Waals surface area contributed by atoms with Crippen LogP contribution in [0.3, 0.4) is 0 Å². The first-order chi connectivity index (χ1) is 8.87. The van der Waals surface area contributed by atoms with Gasteiger partial charge in [-0.05, 0) is 26.8 Å². The first-order valence-electron chi connectivity index (χ1n) is 6.13. The van der Waals surface area contributed by atoms with Gasteiger partial charge in [0.25, 0.3) is 5.56 Å². The Morgan fingerprint density at radius 1 is 1.63 bits per heavy atom. The normalized spacial score (nSPS) is 14.1. The Hall–Kier alpha value is -1.34. The van der Waals surface area contributed by atoms with Crippen LogP contribution in [0, 0.1) is 6.92 Å². The van der Waals surface area contributed by atoms with E-state index in [-0.39, 0.29) is 5.56 Å². The van der Waals surface area contributed by atoms with Crippen LogP contribution in [0.25, 0.3) is 0 Å². The summed E-state index contributed by atoms with van der Waals surface area (Å²) in [6, 6.07) is 1.42. The van der Waals surface area contributed by atoms with Gasteiger partial charge >= 0.3 is 0 Å². The maximum absolute atomic E-state index is 11.5. The second kappa shape index (κ2) is 6.72. The number of hydrogen-bond donors (Lipinski definition) is 3. The molecular weight excluding hydrogens is 264 g/mol. The summed E-state index contributed by atoms with van der Waals surface area (Å²) in [4.78, 5) is 29.7. The van der Waals surface area contributed by atoms with E-state index in [1.54, 1.807) is 13.8 Å². The number of rotatable bonds is 7. The molecule has 1 atom stereocenters. The van der Waals surface area contributed by atoms with Crippen molar-refractivity contribution in [2.75, 3.05) is 12.3 Å². The summed E-state index contributed by atoms with van der Waals surface area (Å²) in [5, 5.41) is 3.63. The molecule has 0 saturated carbocycles. The zero-order valence-electron chi connectivity index (χ0n) is 11.4. The molecule has 1 aromatic heterocycles. The van der Waals surface area contributed by atoms with E-state index in [2.05, 4.69) is 15.3 Å². The van der Waals surface area contributed by atoms with E-state index in [9.17, 15) is 9.59 Å². The molecule has 1 aromatic rings. The SMILES string of the molecule is CCCNC(C)(CSc1nc(C)cc(=O)[nH]1)C(N)=O. The number of carbonyl (C=O) groups excluding carboxylic acids is 1. The van der Waals surface area contributed by atoms with E-state index in [1.165, 1.54) is 17.8 Å². The van der Waals surface area contributed by atoms with E-state index in [0.717, 1.165) is 6.42 Å². The van der Waals surface area contributed by atoms with Crippen molar-refractivity contribution in [3.05, 3.63) is 22.1 Å². The Bertz CT molecular complexity index is 503. The molecule has 0 aliphatic heterocycles. The van der Waals surface area contributed by atoms with Gasteiger partial charge in [-0.1, -0.05) is 18.7 Å². The predicted octanol–water partition coefficient (Wildman–Crippen LogP) is 0.414. The van der Waals surface area contributed by atoms with Gasteiger partial charge < -0.3 is 16.0 Å². The molecule has 0 spiro atoms. The van der Waals surface area contributed by atoms with Gasteiger partial charge in [-0.2, -0.15) is 0 Å². The third-order valence-corrected chi connectivity index (χ3v) is 3.84. The van der Waals surface area contributed by atoms with Gasteiger partial charge in [-0.15, -0.1) is 0 Å². The molecule has 1 rings (SSSR count). The number of aryl methyl sites for hydroxylation is 1. The summed E-state index contributed by atoms with van der Waals surface area (Å²) >= 11 is 1.30. The van der Waals surface area contributed by atoms with E-state index in [1.807, 2.05) is 6.92 Å². The molecule has 0 fully saturated rings. The van der Waals surface area contributed by atoms with Crippen LogP contribution in [0.4, 0.5) is 0 Å². The molecule has 0 aliphatic rings. The van der Waals surface area contributed by atoms with Crippen molar-refractivity contribution in [1.29, 1.82) is 0 Å². The zero-order valence-corrected chi connectivity index (χ0v) is 12.3. The Morgan fingerprint density at radius 3 is 2.84 bits per heavy atom. The summed E-state index contributed by atoms with van der Waals surface area (Å²) < 4.78 is 0. The van der Waals surface area contributed by atoms with Gasteiger partial charge in [0, 0.05) is 17.5 Å². The predicted molar refractivity (Wildman–Crippen MR) is 76.2 cm³/mol. The van der Waals surface area contributed by atoms with E-state index >= 15 is 0 Å². The average Bonchev–Trinajstić information content (AvgIpc) is 2.32. The molecule has 1 amide bonds. The van der Waals surface area contributed by atoms with Crippen LogP contribution in [-0.2, 0) is 4.79 Å². The fraction of sp³-hybridized carbons (Fsp3) is 0.583. The number of hydrogen-bond acceptors (Lipinski definition) is 5. The number of nitrogens with zero attached hydrogens (tertiary/aromatic N) is 1. The lowest BCUT2D eigenvalue weighted by Gasteiger charge is -2.26. The number of aromatic nitrogens is 2. The number of primary amides is 1. The molecule has 6 nitrogen and oxygen atoms in total. The van der Waals surface area contributed by atoms with E-state index in [4.69, 9.17) is 5.73 Å². The number of thioether (sulfide) groups is 1. The monoisotopic (exact) mass is 284 g/mol. The highest BCUT2D eigenvalue weighted by Crippen LogP contribution is 2.18. The zero-order chi connectivity index (χ0) is 14.5. The molecule has 19 heavy (non-hydrogen) atoms. The number of aromatic amines is 1. The average molecular weight is 284 g/mol. The highest BCUT2D eigenvalue weighted by molar-refractivity contribution is 7.99. The summed E-state index contributed by atoms with van der Waals surface area (Å²) in [6.07, 6.45) is 0.910. The van der Waals surface area contributed by atoms with Crippen molar-refractivity contribution >= 4 is 17.7 Å². The lowest BCUT2D eigenvalue weighted by Crippen LogP contribution is -2.55. The standard InChI is InChI=1S/C12H20N4O2S/c1-4-5-14-12(3,10(13)18)7-19-11-15-8(2)6-9(17)16-11/h6,14H,4-5,7H2,1-3H3,(H2,13,18)(H,15,16,17). The van der Waals surface area contributed by atoms with Crippen LogP contribution >= 0.6 is 11.8 Å². The van der Waals surface area contributed by atoms with Crippen LogP contribution in [0.15, 0.2) is 16.0 Å². The van der Waals surface area contributed by atoms with Crippen molar-refractivity contribution in [1.82, 2.24) is 15.3 Å². The fourth-order valence-corrected chi connectivity index (χ4v) is 2.49. The topological polar surface area (TPSA) is 101 Å². The van der Waals surface area contributed by atoms with Crippen molar-refractivity contribution in [3.8, 4) is 0 Å². The molecule has 7 heteroatoms. The van der Waals surface area contributed by atoms with Crippen LogP contribution in [0.5, 0.6) is 0 Å². The molecular formula is C12H20N4O2S. The third kappa shape index (κ3) is 4.68. The Kier molecular flexibility index (Phi) is 5.56. The van der Waals surface area contributed by atoms with Gasteiger partial charge in [-0.3, -0.25) is 9.59 Å². The van der Waals surface area contributed by atoms with Gasteiger partial charge in [0.1, 0.15) is 5.54 Å². The molecule has 106 valence electrons. The molecule has 0 aromatic carbocycles. The van der Waals surface area contributed by atoms with Crippen LogP contribution < -0.4 is 16.6 Å². The molecule has 1 heterocycles. The largest absolute Gasteiger partial charge is 0.368 e. The molecule has 0 saturated heterocycles. The summed E-state index contributed by atoms with van der Waals surface area (Å²) in [5.41, 5.74) is 5.06. The molecule has 4 N–H and O–H groups in total. The van der Waals surface area contributed by atoms with Crippen molar-refractivity contribution in [2.24, 2.45) is 5.73 Å². The first-order valence-corrected chi connectivity index (χ1v) is 7.11. The Labute approximate surface area is 116 Å². The highest BCUT2D eigenvalue weighted by atomic mass is 32.2. The minimum atomic E-state index is -0.816. The molecule has 0 bridgehead atoms. The third-order valence-electron chi connectivity index (χ3n) is 2.65. The van der Waals surface area contributed by atoms with Crippen molar-refractivity contribution in [3.63, 3.8) is 0 Å². The van der Waals surface area contributed by atoms with E-state index in [0.29, 0.717) is 23.1 Å². The Balaban J connectivity index is 2.76. The number of nitrogens with two attached hydrogens (primary N) is 1. The van der Waals surface area contributed by atoms with Crippen LogP contribution in [0.1, 0.15) is 26.0 Å².